The largest absolute Gasteiger partial charge is 0.381 e. The highest BCUT2D eigenvalue weighted by Gasteiger charge is 2.44. The van der Waals surface area contributed by atoms with Crippen LogP contribution in [-0.4, -0.2) is 44.4 Å². The molecule has 1 fully saturated rings. The summed E-state index contributed by atoms with van der Waals surface area (Å²) in [6.07, 6.45) is 1.69. The number of para-hydroxylation sites is 1. The van der Waals surface area contributed by atoms with Gasteiger partial charge in [-0.25, -0.2) is 0 Å². The first-order valence-corrected chi connectivity index (χ1v) is 10.0. The van der Waals surface area contributed by atoms with Gasteiger partial charge in [0.1, 0.15) is 11.4 Å². The smallest absolute Gasteiger partial charge is 0.170 e. The minimum Gasteiger partial charge on any atom is -0.381 e. The molecular weight excluding hydrogens is 348 g/mol. The molecule has 0 unspecified atom stereocenters. The molecule has 5 heteroatoms. The quantitative estimate of drug-likeness (QED) is 0.742. The Morgan fingerprint density at radius 2 is 1.71 bits per heavy atom. The van der Waals surface area contributed by atoms with E-state index in [4.69, 9.17) is 0 Å². The van der Waals surface area contributed by atoms with Crippen molar-refractivity contribution in [2.75, 3.05) is 19.6 Å². The average Bonchev–Trinajstić information content (AvgIpc) is 3.12. The molecule has 1 N–H and O–H groups in total. The first kappa shape index (κ1) is 18.8. The summed E-state index contributed by atoms with van der Waals surface area (Å²) in [7, 11) is 0. The normalized spacial score (nSPS) is 23.0. The maximum absolute atomic E-state index is 11.6. The Morgan fingerprint density at radius 3 is 2.39 bits per heavy atom. The second-order valence-electron chi connectivity index (χ2n) is 7.85. The molecule has 146 valence electrons. The van der Waals surface area contributed by atoms with Gasteiger partial charge in [-0.3, -0.25) is 4.57 Å². The maximum Gasteiger partial charge on any atom is 0.170 e. The monoisotopic (exact) mass is 376 g/mol. The number of aryl methyl sites for hydroxylation is 1. The standard InChI is InChI=1S/C23H28N4O/c1-18-17-26(15-13-20-9-5-3-6-10-20)16-14-23(18,28)22-25-24-19(2)27(22)21-11-7-4-8-12-21/h3-12,18,28H,13-17H2,1-2H3/t18-,23-/m0/s1. The lowest BCUT2D eigenvalue weighted by Crippen LogP contribution is -2.50. The third-order valence-corrected chi connectivity index (χ3v) is 5.94. The summed E-state index contributed by atoms with van der Waals surface area (Å²) in [4.78, 5) is 2.45. The third kappa shape index (κ3) is 3.60. The lowest BCUT2D eigenvalue weighted by atomic mass is 9.81. The second-order valence-corrected chi connectivity index (χ2v) is 7.85. The van der Waals surface area contributed by atoms with Crippen molar-refractivity contribution in [1.82, 2.24) is 19.7 Å². The van der Waals surface area contributed by atoms with Gasteiger partial charge < -0.3 is 10.0 Å². The number of rotatable bonds is 5. The fourth-order valence-electron chi connectivity index (χ4n) is 4.20. The fourth-order valence-corrected chi connectivity index (χ4v) is 4.20. The van der Waals surface area contributed by atoms with E-state index in [1.54, 1.807) is 0 Å². The number of nitrogens with zero attached hydrogens (tertiary/aromatic N) is 4. The zero-order valence-corrected chi connectivity index (χ0v) is 16.6. The van der Waals surface area contributed by atoms with Crippen molar-refractivity contribution in [1.29, 1.82) is 0 Å². The fraction of sp³-hybridized carbons (Fsp3) is 0.391. The molecule has 0 radical (unpaired) electrons. The minimum atomic E-state index is -0.972. The molecule has 28 heavy (non-hydrogen) atoms. The highest BCUT2D eigenvalue weighted by Crippen LogP contribution is 2.37. The van der Waals surface area contributed by atoms with Gasteiger partial charge in [0.15, 0.2) is 5.82 Å². The molecule has 1 aliphatic rings. The van der Waals surface area contributed by atoms with Gasteiger partial charge in [-0.05, 0) is 37.5 Å². The molecule has 3 aromatic rings. The van der Waals surface area contributed by atoms with E-state index in [0.717, 1.165) is 37.6 Å². The van der Waals surface area contributed by atoms with Crippen molar-refractivity contribution < 1.29 is 5.11 Å². The van der Waals surface area contributed by atoms with Crippen LogP contribution in [-0.2, 0) is 12.0 Å². The molecule has 1 aliphatic heterocycles. The van der Waals surface area contributed by atoms with E-state index >= 15 is 0 Å². The molecule has 2 heterocycles. The van der Waals surface area contributed by atoms with E-state index in [0.29, 0.717) is 12.2 Å². The summed E-state index contributed by atoms with van der Waals surface area (Å²) < 4.78 is 2.00. The van der Waals surface area contributed by atoms with Crippen molar-refractivity contribution in [3.8, 4) is 5.69 Å². The average molecular weight is 377 g/mol. The zero-order valence-electron chi connectivity index (χ0n) is 16.6. The summed E-state index contributed by atoms with van der Waals surface area (Å²) in [6.45, 7) is 6.77. The summed E-state index contributed by atoms with van der Waals surface area (Å²) in [5, 5.41) is 20.3. The van der Waals surface area contributed by atoms with Crippen LogP contribution in [0.4, 0.5) is 0 Å². The molecule has 0 aliphatic carbocycles. The Hall–Kier alpha value is -2.50. The Bertz CT molecular complexity index is 909. The van der Waals surface area contributed by atoms with Crippen LogP contribution in [0.15, 0.2) is 60.7 Å². The van der Waals surface area contributed by atoms with Crippen LogP contribution >= 0.6 is 0 Å². The molecule has 2 aromatic carbocycles. The third-order valence-electron chi connectivity index (χ3n) is 5.94. The van der Waals surface area contributed by atoms with E-state index in [9.17, 15) is 5.11 Å². The highest BCUT2D eigenvalue weighted by atomic mass is 16.3. The lowest BCUT2D eigenvalue weighted by Gasteiger charge is -2.42. The SMILES string of the molecule is Cc1nnc([C@]2(O)CCN(CCc3ccccc3)C[C@@H]2C)n1-c1ccccc1. The Balaban J connectivity index is 1.51. The van der Waals surface area contributed by atoms with Gasteiger partial charge in [0.25, 0.3) is 0 Å². The lowest BCUT2D eigenvalue weighted by molar-refractivity contribution is -0.0784. The van der Waals surface area contributed by atoms with Crippen LogP contribution in [0.5, 0.6) is 0 Å². The number of hydrogen-bond acceptors (Lipinski definition) is 4. The summed E-state index contributed by atoms with van der Waals surface area (Å²) in [5.41, 5.74) is 1.38. The number of likely N-dealkylation sites (tertiary alicyclic amines) is 1. The summed E-state index contributed by atoms with van der Waals surface area (Å²) >= 11 is 0. The highest BCUT2D eigenvalue weighted by molar-refractivity contribution is 5.35. The van der Waals surface area contributed by atoms with E-state index in [-0.39, 0.29) is 5.92 Å². The Kier molecular flexibility index (Phi) is 5.29. The van der Waals surface area contributed by atoms with Crippen LogP contribution in [0.1, 0.15) is 30.6 Å². The van der Waals surface area contributed by atoms with Crippen molar-refractivity contribution in [3.63, 3.8) is 0 Å². The first-order valence-electron chi connectivity index (χ1n) is 10.0. The maximum atomic E-state index is 11.6. The Morgan fingerprint density at radius 1 is 1.04 bits per heavy atom. The van der Waals surface area contributed by atoms with Gasteiger partial charge in [0.05, 0.1) is 0 Å². The summed E-state index contributed by atoms with van der Waals surface area (Å²) in [5.74, 6) is 1.53. The van der Waals surface area contributed by atoms with Crippen LogP contribution in [0, 0.1) is 12.8 Å². The molecule has 2 atom stereocenters. The first-order chi connectivity index (χ1) is 13.6. The number of aliphatic hydroxyl groups is 1. The van der Waals surface area contributed by atoms with Gasteiger partial charge in [-0.2, -0.15) is 0 Å². The van der Waals surface area contributed by atoms with Crippen molar-refractivity contribution in [2.45, 2.75) is 32.3 Å². The van der Waals surface area contributed by atoms with Crippen LogP contribution in [0.25, 0.3) is 5.69 Å². The number of benzene rings is 2. The topological polar surface area (TPSA) is 54.2 Å². The molecule has 0 amide bonds. The van der Waals surface area contributed by atoms with Gasteiger partial charge in [-0.1, -0.05) is 55.5 Å². The predicted molar refractivity (Wildman–Crippen MR) is 110 cm³/mol. The predicted octanol–water partition coefficient (Wildman–Crippen LogP) is 3.35. The summed E-state index contributed by atoms with van der Waals surface area (Å²) in [6, 6.07) is 20.6. The van der Waals surface area contributed by atoms with Gasteiger partial charge in [0, 0.05) is 31.2 Å². The number of piperidine rings is 1. The van der Waals surface area contributed by atoms with Gasteiger partial charge >= 0.3 is 0 Å². The zero-order chi connectivity index (χ0) is 19.6. The second kappa shape index (κ2) is 7.86. The minimum absolute atomic E-state index is 0.0723. The van der Waals surface area contributed by atoms with E-state index in [1.165, 1.54) is 5.56 Å². The van der Waals surface area contributed by atoms with Crippen molar-refractivity contribution >= 4 is 0 Å². The molecule has 0 spiro atoms. The van der Waals surface area contributed by atoms with Crippen LogP contribution < -0.4 is 0 Å². The van der Waals surface area contributed by atoms with Crippen LogP contribution in [0.3, 0.4) is 0 Å². The van der Waals surface area contributed by atoms with E-state index in [1.807, 2.05) is 41.8 Å². The molecule has 1 saturated heterocycles. The molecular formula is C23H28N4O. The van der Waals surface area contributed by atoms with Gasteiger partial charge in [0.2, 0.25) is 0 Å². The Labute approximate surface area is 166 Å². The molecule has 4 rings (SSSR count). The molecule has 1 aromatic heterocycles. The number of hydrogen-bond donors (Lipinski definition) is 1. The van der Waals surface area contributed by atoms with Crippen molar-refractivity contribution in [2.24, 2.45) is 5.92 Å². The number of aromatic nitrogens is 3. The van der Waals surface area contributed by atoms with E-state index in [2.05, 4.69) is 52.4 Å². The van der Waals surface area contributed by atoms with Crippen LogP contribution in [0.2, 0.25) is 0 Å². The molecule has 0 saturated carbocycles. The van der Waals surface area contributed by atoms with Crippen molar-refractivity contribution in [3.05, 3.63) is 77.9 Å². The van der Waals surface area contributed by atoms with Gasteiger partial charge in [-0.15, -0.1) is 10.2 Å². The van der Waals surface area contributed by atoms with E-state index < -0.39 is 5.60 Å². The molecule has 5 nitrogen and oxygen atoms in total. The molecule has 0 bridgehead atoms.